The Labute approximate surface area is 164 Å². The Balaban J connectivity index is 2.13. The first-order valence-electron chi connectivity index (χ1n) is 7.12. The Kier molecular flexibility index (Phi) is 5.50. The minimum absolute atomic E-state index is 0.237. The fourth-order valence-corrected chi connectivity index (χ4v) is 3.05. The third-order valence-corrected chi connectivity index (χ3v) is 4.71. The number of nitrogens with zero attached hydrogens (tertiary/aromatic N) is 1. The maximum atomic E-state index is 13.0. The third-order valence-electron chi connectivity index (χ3n) is 3.43. The van der Waals surface area contributed by atoms with Crippen LogP contribution in [0.1, 0.15) is 21.7 Å². The van der Waals surface area contributed by atoms with Gasteiger partial charge in [0.25, 0.3) is 0 Å². The van der Waals surface area contributed by atoms with Gasteiger partial charge in [-0.25, -0.2) is 4.98 Å². The molecule has 0 unspecified atom stereocenters. The predicted octanol–water partition coefficient (Wildman–Crippen LogP) is 6.45. The molecule has 3 nitrogen and oxygen atoms in total. The lowest BCUT2D eigenvalue weighted by Crippen LogP contribution is -2.04. The quantitative estimate of drug-likeness (QED) is 0.304. The monoisotopic (exact) mass is 410 g/mol. The first-order valence-corrected chi connectivity index (χ1v) is 8.63. The van der Waals surface area contributed by atoms with Crippen LogP contribution < -0.4 is 0 Å². The Morgan fingerprint density at radius 2 is 1.72 bits per heavy atom. The second-order valence-corrected chi connectivity index (χ2v) is 6.78. The SMILES string of the molecule is O=C(C(=Cc1cc(Cl)cc(Cl)c1Cl)c1ncc[nH]1)c1ccc(Cl)cc1. The molecule has 7 heteroatoms. The third kappa shape index (κ3) is 4.07. The highest BCUT2D eigenvalue weighted by atomic mass is 35.5. The van der Waals surface area contributed by atoms with Crippen molar-refractivity contribution < 1.29 is 4.79 Å². The van der Waals surface area contributed by atoms with Crippen LogP contribution in [-0.2, 0) is 0 Å². The summed E-state index contributed by atoms with van der Waals surface area (Å²) in [6, 6.07) is 9.77. The second-order valence-electron chi connectivity index (χ2n) is 5.12. The number of hydrogen-bond donors (Lipinski definition) is 1. The molecule has 0 amide bonds. The second kappa shape index (κ2) is 7.63. The van der Waals surface area contributed by atoms with Crippen molar-refractivity contribution in [3.05, 3.63) is 85.8 Å². The van der Waals surface area contributed by atoms with Crippen LogP contribution >= 0.6 is 46.4 Å². The lowest BCUT2D eigenvalue weighted by atomic mass is 10.0. The number of halogens is 4. The maximum absolute atomic E-state index is 13.0. The Morgan fingerprint density at radius 1 is 1.00 bits per heavy atom. The van der Waals surface area contributed by atoms with Crippen LogP contribution in [0.2, 0.25) is 20.1 Å². The number of aromatic nitrogens is 2. The molecule has 0 saturated heterocycles. The van der Waals surface area contributed by atoms with Crippen LogP contribution in [0.4, 0.5) is 0 Å². The molecule has 0 aliphatic heterocycles. The van der Waals surface area contributed by atoms with Gasteiger partial charge in [-0.3, -0.25) is 4.79 Å². The Hall–Kier alpha value is -1.78. The zero-order chi connectivity index (χ0) is 18.0. The van der Waals surface area contributed by atoms with Crippen molar-refractivity contribution in [1.29, 1.82) is 0 Å². The summed E-state index contributed by atoms with van der Waals surface area (Å²) in [7, 11) is 0. The molecular weight excluding hydrogens is 402 g/mol. The number of H-pyrrole nitrogens is 1. The Morgan fingerprint density at radius 3 is 2.36 bits per heavy atom. The molecule has 2 aromatic carbocycles. The number of imidazole rings is 1. The van der Waals surface area contributed by atoms with Crippen molar-refractivity contribution in [2.24, 2.45) is 0 Å². The van der Waals surface area contributed by atoms with E-state index in [1.54, 1.807) is 48.8 Å². The lowest BCUT2D eigenvalue weighted by Gasteiger charge is -2.08. The Bertz CT molecular complexity index is 948. The zero-order valence-corrected chi connectivity index (χ0v) is 15.6. The summed E-state index contributed by atoms with van der Waals surface area (Å²) in [4.78, 5) is 20.1. The average molecular weight is 412 g/mol. The van der Waals surface area contributed by atoms with E-state index in [0.717, 1.165) is 0 Å². The van der Waals surface area contributed by atoms with Crippen LogP contribution in [-0.4, -0.2) is 15.8 Å². The maximum Gasteiger partial charge on any atom is 0.196 e. The molecule has 0 atom stereocenters. The van der Waals surface area contributed by atoms with Gasteiger partial charge in [-0.1, -0.05) is 46.4 Å². The summed E-state index contributed by atoms with van der Waals surface area (Å²) < 4.78 is 0. The lowest BCUT2D eigenvalue weighted by molar-refractivity contribution is 0.105. The number of aromatic amines is 1. The van der Waals surface area contributed by atoms with Gasteiger partial charge in [-0.05, 0) is 48.0 Å². The molecule has 0 radical (unpaired) electrons. The topological polar surface area (TPSA) is 45.8 Å². The number of allylic oxidation sites excluding steroid dienone is 1. The number of carbonyl (C=O) groups excluding carboxylic acids is 1. The van der Waals surface area contributed by atoms with Crippen molar-refractivity contribution in [3.8, 4) is 0 Å². The summed E-state index contributed by atoms with van der Waals surface area (Å²) in [5.74, 6) is 0.172. The normalized spacial score (nSPS) is 11.6. The number of nitrogens with one attached hydrogen (secondary N) is 1. The number of benzene rings is 2. The van der Waals surface area contributed by atoms with Gasteiger partial charge in [-0.15, -0.1) is 0 Å². The van der Waals surface area contributed by atoms with Crippen LogP contribution in [0.3, 0.4) is 0 Å². The fraction of sp³-hybridized carbons (Fsp3) is 0. The predicted molar refractivity (Wildman–Crippen MR) is 104 cm³/mol. The van der Waals surface area contributed by atoms with Gasteiger partial charge < -0.3 is 4.98 Å². The van der Waals surface area contributed by atoms with E-state index in [-0.39, 0.29) is 5.78 Å². The smallest absolute Gasteiger partial charge is 0.196 e. The number of carbonyl (C=O) groups is 1. The molecule has 0 aliphatic carbocycles. The summed E-state index contributed by atoms with van der Waals surface area (Å²) >= 11 is 24.3. The van der Waals surface area contributed by atoms with Crippen molar-refractivity contribution in [3.63, 3.8) is 0 Å². The van der Waals surface area contributed by atoms with Crippen LogP contribution in [0.25, 0.3) is 11.6 Å². The number of ketones is 1. The largest absolute Gasteiger partial charge is 0.345 e. The van der Waals surface area contributed by atoms with Crippen molar-refractivity contribution in [2.75, 3.05) is 0 Å². The molecule has 0 spiro atoms. The van der Waals surface area contributed by atoms with Crippen LogP contribution in [0.15, 0.2) is 48.8 Å². The first-order chi connectivity index (χ1) is 12.0. The average Bonchev–Trinajstić information content (AvgIpc) is 3.11. The van der Waals surface area contributed by atoms with E-state index in [0.29, 0.717) is 42.6 Å². The van der Waals surface area contributed by atoms with E-state index < -0.39 is 0 Å². The number of Topliss-reactive ketones (excluding diaryl/α,β-unsaturated/α-hetero) is 1. The highest BCUT2D eigenvalue weighted by molar-refractivity contribution is 6.44. The van der Waals surface area contributed by atoms with E-state index >= 15 is 0 Å². The van der Waals surface area contributed by atoms with E-state index in [9.17, 15) is 4.79 Å². The van der Waals surface area contributed by atoms with E-state index in [2.05, 4.69) is 9.97 Å². The van der Waals surface area contributed by atoms with Gasteiger partial charge in [0.15, 0.2) is 5.78 Å². The highest BCUT2D eigenvalue weighted by Gasteiger charge is 2.18. The molecule has 0 bridgehead atoms. The van der Waals surface area contributed by atoms with Crippen LogP contribution in [0, 0.1) is 0 Å². The standard InChI is InChI=1S/C18H10Cl4N2O/c19-12-3-1-10(2-4-12)17(25)14(18-23-5-6-24-18)8-11-7-13(20)9-15(21)16(11)22/h1-9H,(H,23,24). The minimum Gasteiger partial charge on any atom is -0.345 e. The molecule has 1 heterocycles. The summed E-state index contributed by atoms with van der Waals surface area (Å²) in [6.07, 6.45) is 4.80. The van der Waals surface area contributed by atoms with Gasteiger partial charge in [0.2, 0.25) is 0 Å². The van der Waals surface area contributed by atoms with Gasteiger partial charge >= 0.3 is 0 Å². The first kappa shape index (κ1) is 18.0. The fourth-order valence-electron chi connectivity index (χ4n) is 2.25. The molecule has 3 rings (SSSR count). The van der Waals surface area contributed by atoms with E-state index in [1.807, 2.05) is 0 Å². The molecule has 0 fully saturated rings. The summed E-state index contributed by atoms with van der Waals surface area (Å²) in [5, 5.41) is 1.57. The molecule has 25 heavy (non-hydrogen) atoms. The van der Waals surface area contributed by atoms with Gasteiger partial charge in [0.1, 0.15) is 5.82 Å². The number of hydrogen-bond acceptors (Lipinski definition) is 2. The van der Waals surface area contributed by atoms with Crippen molar-refractivity contribution in [2.45, 2.75) is 0 Å². The molecule has 0 saturated carbocycles. The van der Waals surface area contributed by atoms with Gasteiger partial charge in [0.05, 0.1) is 15.6 Å². The number of rotatable bonds is 4. The molecule has 126 valence electrons. The molecule has 0 aliphatic rings. The van der Waals surface area contributed by atoms with E-state index in [4.69, 9.17) is 46.4 Å². The highest BCUT2D eigenvalue weighted by Crippen LogP contribution is 2.32. The van der Waals surface area contributed by atoms with Gasteiger partial charge in [0, 0.05) is 28.0 Å². The van der Waals surface area contributed by atoms with Crippen LogP contribution in [0.5, 0.6) is 0 Å². The molecular formula is C18H10Cl4N2O. The summed E-state index contributed by atoms with van der Waals surface area (Å²) in [6.45, 7) is 0. The van der Waals surface area contributed by atoms with Gasteiger partial charge in [-0.2, -0.15) is 0 Å². The summed E-state index contributed by atoms with van der Waals surface area (Å²) in [5.41, 5.74) is 1.32. The van der Waals surface area contributed by atoms with E-state index in [1.165, 1.54) is 6.07 Å². The minimum atomic E-state index is -0.237. The van der Waals surface area contributed by atoms with Crippen molar-refractivity contribution in [1.82, 2.24) is 9.97 Å². The zero-order valence-electron chi connectivity index (χ0n) is 12.6. The van der Waals surface area contributed by atoms with Crippen molar-refractivity contribution >= 4 is 63.8 Å². The molecule has 1 N–H and O–H groups in total. The molecule has 1 aromatic heterocycles. The molecule has 3 aromatic rings.